The molecule has 1 heterocycles. The molecule has 2 saturated carbocycles. The third-order valence-corrected chi connectivity index (χ3v) is 3.95. The minimum Gasteiger partial charge on any atom is -0.303 e. The van der Waals surface area contributed by atoms with Crippen molar-refractivity contribution < 1.29 is 0 Å². The molecule has 0 bridgehead atoms. The molecular formula is C10H14N6S. The van der Waals surface area contributed by atoms with Crippen molar-refractivity contribution in [3.63, 3.8) is 0 Å². The molecule has 90 valence electrons. The number of hydrogen-bond donors (Lipinski definition) is 0. The number of rotatable bonds is 6. The summed E-state index contributed by atoms with van der Waals surface area (Å²) in [6, 6.07) is 0.627. The fourth-order valence-electron chi connectivity index (χ4n) is 1.91. The van der Waals surface area contributed by atoms with Crippen molar-refractivity contribution in [2.45, 2.75) is 42.8 Å². The lowest BCUT2D eigenvalue weighted by atomic mass is 10.4. The van der Waals surface area contributed by atoms with Gasteiger partial charge in [0.1, 0.15) is 5.82 Å². The third kappa shape index (κ3) is 2.40. The number of azide groups is 1. The van der Waals surface area contributed by atoms with Crippen LogP contribution in [-0.4, -0.2) is 27.1 Å². The van der Waals surface area contributed by atoms with E-state index < -0.39 is 0 Å². The zero-order valence-electron chi connectivity index (χ0n) is 9.49. The maximum absolute atomic E-state index is 8.22. The number of thioether (sulfide) groups is 1. The van der Waals surface area contributed by atoms with Crippen molar-refractivity contribution in [2.75, 3.05) is 12.3 Å². The summed E-state index contributed by atoms with van der Waals surface area (Å²) in [7, 11) is 0. The number of nitrogens with zero attached hydrogens (tertiary/aromatic N) is 6. The van der Waals surface area contributed by atoms with E-state index in [1.807, 2.05) is 0 Å². The lowest BCUT2D eigenvalue weighted by Crippen LogP contribution is -2.02. The van der Waals surface area contributed by atoms with Crippen molar-refractivity contribution in [2.24, 2.45) is 5.11 Å². The summed E-state index contributed by atoms with van der Waals surface area (Å²) in [5, 5.41) is 13.1. The molecule has 0 amide bonds. The quantitative estimate of drug-likeness (QED) is 0.256. The summed E-state index contributed by atoms with van der Waals surface area (Å²) in [6.45, 7) is 0.511. The van der Waals surface area contributed by atoms with Gasteiger partial charge in [0.2, 0.25) is 0 Å². The molecule has 0 aliphatic heterocycles. The Morgan fingerprint density at radius 2 is 2.18 bits per heavy atom. The van der Waals surface area contributed by atoms with Gasteiger partial charge in [-0.25, -0.2) is 0 Å². The monoisotopic (exact) mass is 250 g/mol. The van der Waals surface area contributed by atoms with Gasteiger partial charge in [0.15, 0.2) is 5.16 Å². The first kappa shape index (κ1) is 10.9. The van der Waals surface area contributed by atoms with Gasteiger partial charge in [0, 0.05) is 29.2 Å². The van der Waals surface area contributed by atoms with Crippen LogP contribution in [0.15, 0.2) is 10.3 Å². The van der Waals surface area contributed by atoms with Crippen molar-refractivity contribution in [3.05, 3.63) is 16.3 Å². The molecule has 3 rings (SSSR count). The molecule has 2 fully saturated rings. The Morgan fingerprint density at radius 3 is 2.82 bits per heavy atom. The van der Waals surface area contributed by atoms with Crippen LogP contribution in [0.25, 0.3) is 10.4 Å². The topological polar surface area (TPSA) is 79.5 Å². The summed E-state index contributed by atoms with van der Waals surface area (Å²) >= 11 is 1.65. The highest BCUT2D eigenvalue weighted by molar-refractivity contribution is 7.99. The largest absolute Gasteiger partial charge is 0.303 e. The first-order chi connectivity index (χ1) is 8.40. The van der Waals surface area contributed by atoms with Gasteiger partial charge < -0.3 is 4.57 Å². The summed E-state index contributed by atoms with van der Waals surface area (Å²) < 4.78 is 2.32. The Balaban J connectivity index is 1.71. The second-order valence-electron chi connectivity index (χ2n) is 4.52. The van der Waals surface area contributed by atoms with Gasteiger partial charge in [-0.3, -0.25) is 0 Å². The highest BCUT2D eigenvalue weighted by Crippen LogP contribution is 2.45. The highest BCUT2D eigenvalue weighted by Gasteiger charge is 2.36. The molecule has 0 saturated heterocycles. The Hall–Kier alpha value is -1.20. The molecule has 2 aliphatic carbocycles. The van der Waals surface area contributed by atoms with Crippen molar-refractivity contribution in [3.8, 4) is 0 Å². The Bertz CT molecular complexity index is 455. The van der Waals surface area contributed by atoms with Gasteiger partial charge in [0.05, 0.1) is 0 Å². The Kier molecular flexibility index (Phi) is 2.94. The van der Waals surface area contributed by atoms with E-state index in [0.717, 1.165) is 10.9 Å². The second-order valence-corrected chi connectivity index (χ2v) is 5.58. The van der Waals surface area contributed by atoms with Crippen LogP contribution in [0.2, 0.25) is 0 Å². The van der Waals surface area contributed by atoms with Gasteiger partial charge in [-0.1, -0.05) is 16.9 Å². The number of hydrogen-bond acceptors (Lipinski definition) is 4. The lowest BCUT2D eigenvalue weighted by Gasteiger charge is -2.07. The first-order valence-electron chi connectivity index (χ1n) is 5.98. The van der Waals surface area contributed by atoms with Crippen LogP contribution >= 0.6 is 11.8 Å². The van der Waals surface area contributed by atoms with Gasteiger partial charge in [-0.15, -0.1) is 10.2 Å². The van der Waals surface area contributed by atoms with E-state index in [1.165, 1.54) is 31.5 Å². The SMILES string of the molecule is [N-]=[N+]=NCCSc1nnc(C2CC2)n1C1CC1. The molecule has 0 aromatic carbocycles. The molecule has 0 radical (unpaired) electrons. The maximum Gasteiger partial charge on any atom is 0.191 e. The summed E-state index contributed by atoms with van der Waals surface area (Å²) in [4.78, 5) is 2.75. The average molecular weight is 250 g/mol. The highest BCUT2D eigenvalue weighted by atomic mass is 32.2. The van der Waals surface area contributed by atoms with Crippen molar-refractivity contribution >= 4 is 11.8 Å². The van der Waals surface area contributed by atoms with Crippen LogP contribution in [0, 0.1) is 0 Å². The van der Waals surface area contributed by atoms with E-state index in [4.69, 9.17) is 5.53 Å². The van der Waals surface area contributed by atoms with Crippen LogP contribution in [0.3, 0.4) is 0 Å². The van der Waals surface area contributed by atoms with Crippen LogP contribution in [0.4, 0.5) is 0 Å². The minimum atomic E-state index is 0.511. The van der Waals surface area contributed by atoms with E-state index in [1.54, 1.807) is 11.8 Å². The van der Waals surface area contributed by atoms with Crippen LogP contribution in [0.5, 0.6) is 0 Å². The van der Waals surface area contributed by atoms with E-state index >= 15 is 0 Å². The van der Waals surface area contributed by atoms with Gasteiger partial charge in [0.25, 0.3) is 0 Å². The predicted octanol–water partition coefficient (Wildman–Crippen LogP) is 2.89. The maximum atomic E-state index is 8.22. The summed E-state index contributed by atoms with van der Waals surface area (Å²) in [6.07, 6.45) is 5.02. The lowest BCUT2D eigenvalue weighted by molar-refractivity contribution is 0.627. The molecule has 1 aromatic rings. The van der Waals surface area contributed by atoms with Gasteiger partial charge in [-0.05, 0) is 31.2 Å². The normalized spacial score (nSPS) is 19.1. The van der Waals surface area contributed by atoms with Crippen LogP contribution in [0.1, 0.15) is 43.5 Å². The van der Waals surface area contributed by atoms with E-state index in [9.17, 15) is 0 Å². The zero-order chi connectivity index (χ0) is 11.7. The minimum absolute atomic E-state index is 0.511. The Labute approximate surface area is 103 Å². The third-order valence-electron chi connectivity index (χ3n) is 3.03. The zero-order valence-corrected chi connectivity index (χ0v) is 10.3. The van der Waals surface area contributed by atoms with E-state index in [2.05, 4.69) is 24.8 Å². The fraction of sp³-hybridized carbons (Fsp3) is 0.800. The van der Waals surface area contributed by atoms with Crippen molar-refractivity contribution in [1.29, 1.82) is 0 Å². The van der Waals surface area contributed by atoms with Crippen LogP contribution < -0.4 is 0 Å². The molecule has 17 heavy (non-hydrogen) atoms. The molecule has 0 unspecified atom stereocenters. The molecule has 1 aromatic heterocycles. The summed E-state index contributed by atoms with van der Waals surface area (Å²) in [5.74, 6) is 2.60. The predicted molar refractivity (Wildman–Crippen MR) is 65.0 cm³/mol. The first-order valence-corrected chi connectivity index (χ1v) is 6.97. The molecule has 0 spiro atoms. The van der Waals surface area contributed by atoms with Gasteiger partial charge in [-0.2, -0.15) is 0 Å². The van der Waals surface area contributed by atoms with Crippen LogP contribution in [-0.2, 0) is 0 Å². The molecule has 6 nitrogen and oxygen atoms in total. The van der Waals surface area contributed by atoms with E-state index in [0.29, 0.717) is 18.5 Å². The standard InChI is InChI=1S/C10H14N6S/c11-15-12-5-6-17-10-14-13-9(7-1-2-7)16(10)8-3-4-8/h7-8H,1-6H2. The second kappa shape index (κ2) is 4.58. The smallest absolute Gasteiger partial charge is 0.191 e. The molecule has 7 heteroatoms. The van der Waals surface area contributed by atoms with Crippen molar-refractivity contribution in [1.82, 2.24) is 14.8 Å². The molecule has 0 atom stereocenters. The Morgan fingerprint density at radius 1 is 1.35 bits per heavy atom. The van der Waals surface area contributed by atoms with E-state index in [-0.39, 0.29) is 0 Å². The summed E-state index contributed by atoms with van der Waals surface area (Å²) in [5.41, 5.74) is 8.22. The average Bonchev–Trinajstić information content (AvgIpc) is 3.23. The molecule has 2 aliphatic rings. The molecule has 0 N–H and O–H groups in total. The number of aromatic nitrogens is 3. The van der Waals surface area contributed by atoms with Gasteiger partial charge >= 0.3 is 0 Å². The fourth-order valence-corrected chi connectivity index (χ4v) is 2.74. The molecular weight excluding hydrogens is 236 g/mol.